The summed E-state index contributed by atoms with van der Waals surface area (Å²) in [5.74, 6) is -1.83. The molecule has 38 heavy (non-hydrogen) atoms. The number of hydrazone groups is 1. The molecule has 2 heterocycles. The van der Waals surface area contributed by atoms with Gasteiger partial charge in [-0.1, -0.05) is 0 Å². The third-order valence-corrected chi connectivity index (χ3v) is 5.76. The van der Waals surface area contributed by atoms with E-state index in [0.29, 0.717) is 38.8 Å². The van der Waals surface area contributed by atoms with Crippen molar-refractivity contribution in [3.05, 3.63) is 0 Å². The minimum atomic E-state index is -1.10. The van der Waals surface area contributed by atoms with E-state index in [4.69, 9.17) is 19.3 Å². The van der Waals surface area contributed by atoms with Crippen LogP contribution in [0.1, 0.15) is 80.1 Å². The number of amides is 3. The molecule has 0 aromatic rings. The number of carboxylic acids is 1. The van der Waals surface area contributed by atoms with Crippen molar-refractivity contribution in [2.45, 2.75) is 96.9 Å². The monoisotopic (exact) mass is 540 g/mol. The van der Waals surface area contributed by atoms with E-state index < -0.39 is 47.5 Å². The topological polar surface area (TPSA) is 164 Å². The fraction of sp³-hybridized carbons (Fsp3) is 0.760. The molecule has 2 fully saturated rings. The van der Waals surface area contributed by atoms with Crippen LogP contribution in [0.5, 0.6) is 0 Å². The first kappa shape index (κ1) is 30.8. The number of carbonyl (C=O) groups excluding carboxylic acids is 4. The zero-order chi connectivity index (χ0) is 28.7. The zero-order valence-electron chi connectivity index (χ0n) is 23.1. The standard InChI is InChI=1S/C25H40N4O9/c1-23(2,3)36-20(33)17(26-27-21(34)37-24(4,5)6)9-7-8-10-18(30)28-13-11-25(12-14-28)16-29(15-19(31)32)22(35)38-25/h7-16H2,1-6H3,(H,27,34)(H,31,32). The van der Waals surface area contributed by atoms with Crippen LogP contribution in [0.4, 0.5) is 9.59 Å². The van der Waals surface area contributed by atoms with E-state index in [1.54, 1.807) is 46.4 Å². The van der Waals surface area contributed by atoms with Gasteiger partial charge in [-0.25, -0.2) is 19.8 Å². The number of carbonyl (C=O) groups is 5. The average Bonchev–Trinajstić information content (AvgIpc) is 3.04. The zero-order valence-corrected chi connectivity index (χ0v) is 23.1. The Bertz CT molecular complexity index is 941. The molecule has 13 heteroatoms. The summed E-state index contributed by atoms with van der Waals surface area (Å²) in [5.41, 5.74) is 0.0154. The number of piperidine rings is 1. The van der Waals surface area contributed by atoms with E-state index in [0.717, 1.165) is 0 Å². The van der Waals surface area contributed by atoms with Gasteiger partial charge < -0.3 is 24.2 Å². The SMILES string of the molecule is CC(C)(C)OC(=O)NN=C(CCCCC(=O)N1CCC2(CC1)CN(CC(=O)O)C(=O)O2)C(=O)OC(C)(C)C. The number of hydrogen-bond donors (Lipinski definition) is 2. The van der Waals surface area contributed by atoms with Crippen LogP contribution in [0.15, 0.2) is 5.10 Å². The Labute approximate surface area is 222 Å². The first-order valence-corrected chi connectivity index (χ1v) is 12.7. The number of aliphatic carboxylic acids is 1. The maximum absolute atomic E-state index is 12.7. The van der Waals surface area contributed by atoms with Gasteiger partial charge in [-0.3, -0.25) is 14.5 Å². The molecular formula is C25H40N4O9. The first-order chi connectivity index (χ1) is 17.5. The first-order valence-electron chi connectivity index (χ1n) is 12.7. The summed E-state index contributed by atoms with van der Waals surface area (Å²) in [5, 5.41) is 12.9. The molecule has 0 bridgehead atoms. The number of nitrogens with zero attached hydrogens (tertiary/aromatic N) is 3. The van der Waals surface area contributed by atoms with Crippen molar-refractivity contribution in [2.24, 2.45) is 5.10 Å². The molecule has 3 amide bonds. The molecule has 0 radical (unpaired) electrons. The number of carboxylic acid groups (broad SMARTS) is 1. The highest BCUT2D eigenvalue weighted by Gasteiger charge is 2.47. The minimum absolute atomic E-state index is 0.0205. The van der Waals surface area contributed by atoms with Gasteiger partial charge >= 0.3 is 24.1 Å². The Hall–Kier alpha value is -3.38. The van der Waals surface area contributed by atoms with Crippen molar-refractivity contribution in [1.82, 2.24) is 15.2 Å². The highest BCUT2D eigenvalue weighted by atomic mass is 16.6. The van der Waals surface area contributed by atoms with Crippen LogP contribution < -0.4 is 5.43 Å². The fourth-order valence-electron chi connectivity index (χ4n) is 4.08. The number of rotatable bonds is 9. The van der Waals surface area contributed by atoms with Crippen molar-refractivity contribution < 1.29 is 43.3 Å². The van der Waals surface area contributed by atoms with Gasteiger partial charge in [0, 0.05) is 32.4 Å². The molecule has 0 atom stereocenters. The Morgan fingerprint density at radius 3 is 2.13 bits per heavy atom. The summed E-state index contributed by atoms with van der Waals surface area (Å²) in [6.07, 6.45) is 0.815. The average molecular weight is 541 g/mol. The molecule has 0 aliphatic carbocycles. The summed E-state index contributed by atoms with van der Waals surface area (Å²) >= 11 is 0. The third kappa shape index (κ3) is 10.2. The third-order valence-electron chi connectivity index (χ3n) is 5.76. The van der Waals surface area contributed by atoms with Crippen LogP contribution in [-0.2, 0) is 28.6 Å². The Balaban J connectivity index is 1.84. The van der Waals surface area contributed by atoms with E-state index in [9.17, 15) is 24.0 Å². The lowest BCUT2D eigenvalue weighted by molar-refractivity contribution is -0.146. The lowest BCUT2D eigenvalue weighted by Crippen LogP contribution is -2.48. The van der Waals surface area contributed by atoms with Crippen molar-refractivity contribution in [3.63, 3.8) is 0 Å². The smallest absolute Gasteiger partial charge is 0.428 e. The second-order valence-electron chi connectivity index (χ2n) is 11.6. The van der Waals surface area contributed by atoms with Crippen molar-refractivity contribution >= 4 is 35.7 Å². The molecule has 2 saturated heterocycles. The molecular weight excluding hydrogens is 500 g/mol. The van der Waals surface area contributed by atoms with Crippen LogP contribution in [0.2, 0.25) is 0 Å². The molecule has 0 aromatic carbocycles. The quantitative estimate of drug-likeness (QED) is 0.147. The molecule has 2 aliphatic heterocycles. The van der Waals surface area contributed by atoms with Gasteiger partial charge in [0.25, 0.3) is 0 Å². The van der Waals surface area contributed by atoms with Crippen LogP contribution in [0, 0.1) is 0 Å². The largest absolute Gasteiger partial charge is 0.480 e. The molecule has 1 spiro atoms. The predicted octanol–water partition coefficient (Wildman–Crippen LogP) is 2.67. The summed E-state index contributed by atoms with van der Waals surface area (Å²) in [6.45, 7) is 10.9. The molecule has 0 unspecified atom stereocenters. The molecule has 0 saturated carbocycles. The Morgan fingerprint density at radius 2 is 1.58 bits per heavy atom. The molecule has 2 N–H and O–H groups in total. The fourth-order valence-corrected chi connectivity index (χ4v) is 4.08. The van der Waals surface area contributed by atoms with Gasteiger partial charge in [0.05, 0.1) is 6.54 Å². The van der Waals surface area contributed by atoms with Gasteiger partial charge in [0.15, 0.2) is 0 Å². The normalized spacial score (nSPS) is 17.7. The van der Waals surface area contributed by atoms with Gasteiger partial charge in [-0.05, 0) is 60.8 Å². The molecule has 2 aliphatic rings. The van der Waals surface area contributed by atoms with Crippen molar-refractivity contribution in [3.8, 4) is 0 Å². The number of ether oxygens (including phenoxy) is 3. The second-order valence-corrected chi connectivity index (χ2v) is 11.6. The van der Waals surface area contributed by atoms with Crippen LogP contribution >= 0.6 is 0 Å². The van der Waals surface area contributed by atoms with E-state index >= 15 is 0 Å². The molecule has 13 nitrogen and oxygen atoms in total. The predicted molar refractivity (Wildman–Crippen MR) is 135 cm³/mol. The minimum Gasteiger partial charge on any atom is -0.480 e. The maximum Gasteiger partial charge on any atom is 0.428 e. The van der Waals surface area contributed by atoms with Gasteiger partial charge in [-0.15, -0.1) is 0 Å². The Kier molecular flexibility index (Phi) is 10.1. The van der Waals surface area contributed by atoms with Gasteiger partial charge in [0.1, 0.15) is 29.1 Å². The number of esters is 1. The lowest BCUT2D eigenvalue weighted by atomic mass is 9.91. The summed E-state index contributed by atoms with van der Waals surface area (Å²) in [4.78, 5) is 63.0. The van der Waals surface area contributed by atoms with E-state index in [1.165, 1.54) is 4.90 Å². The summed E-state index contributed by atoms with van der Waals surface area (Å²) in [7, 11) is 0. The van der Waals surface area contributed by atoms with Crippen molar-refractivity contribution in [1.29, 1.82) is 0 Å². The van der Waals surface area contributed by atoms with E-state index in [2.05, 4.69) is 10.5 Å². The van der Waals surface area contributed by atoms with Crippen LogP contribution in [0.3, 0.4) is 0 Å². The van der Waals surface area contributed by atoms with E-state index in [-0.39, 0.29) is 31.0 Å². The lowest BCUT2D eigenvalue weighted by Gasteiger charge is -2.37. The highest BCUT2D eigenvalue weighted by Crippen LogP contribution is 2.33. The molecule has 0 aromatic heterocycles. The van der Waals surface area contributed by atoms with Gasteiger partial charge in [0.2, 0.25) is 5.91 Å². The number of unbranched alkanes of at least 4 members (excludes halogenated alkanes) is 1. The summed E-state index contributed by atoms with van der Waals surface area (Å²) in [6, 6.07) is 0. The van der Waals surface area contributed by atoms with Crippen LogP contribution in [-0.4, -0.2) is 93.6 Å². The molecule has 214 valence electrons. The number of likely N-dealkylation sites (tertiary alicyclic amines) is 1. The highest BCUT2D eigenvalue weighted by molar-refractivity contribution is 6.36. The summed E-state index contributed by atoms with van der Waals surface area (Å²) < 4.78 is 16.0. The van der Waals surface area contributed by atoms with Gasteiger partial charge in [-0.2, -0.15) is 5.10 Å². The second kappa shape index (κ2) is 12.4. The van der Waals surface area contributed by atoms with Crippen LogP contribution in [0.25, 0.3) is 0 Å². The number of hydrogen-bond acceptors (Lipinski definition) is 9. The Morgan fingerprint density at radius 1 is 1.00 bits per heavy atom. The maximum atomic E-state index is 12.7. The number of nitrogens with one attached hydrogen (secondary N) is 1. The van der Waals surface area contributed by atoms with E-state index in [1.807, 2.05) is 0 Å². The molecule has 2 rings (SSSR count). The van der Waals surface area contributed by atoms with Crippen molar-refractivity contribution in [2.75, 3.05) is 26.2 Å².